The lowest BCUT2D eigenvalue weighted by molar-refractivity contribution is -0.115. The number of hydrogen-bond acceptors (Lipinski definition) is 3. The van der Waals surface area contributed by atoms with Crippen LogP contribution in [0, 0.1) is 5.82 Å². The van der Waals surface area contributed by atoms with Gasteiger partial charge in [0.2, 0.25) is 5.91 Å². The van der Waals surface area contributed by atoms with E-state index in [9.17, 15) is 9.18 Å². The number of methoxy groups -OCH3 is 1. The van der Waals surface area contributed by atoms with Crippen molar-refractivity contribution in [2.75, 3.05) is 30.4 Å². The van der Waals surface area contributed by atoms with Gasteiger partial charge >= 0.3 is 0 Å². The van der Waals surface area contributed by atoms with Gasteiger partial charge in [-0.05, 0) is 0 Å². The van der Waals surface area contributed by atoms with Crippen molar-refractivity contribution in [1.82, 2.24) is 0 Å². The summed E-state index contributed by atoms with van der Waals surface area (Å²) in [5, 5.41) is 2.63. The van der Waals surface area contributed by atoms with Gasteiger partial charge in [0.1, 0.15) is 0 Å². The van der Waals surface area contributed by atoms with Crippen molar-refractivity contribution in [3.8, 4) is 5.75 Å². The molecule has 0 saturated heterocycles. The monoisotopic (exact) mass is 236 g/mol. The van der Waals surface area contributed by atoms with Crippen molar-refractivity contribution < 1.29 is 13.9 Å². The molecule has 1 aliphatic heterocycles. The van der Waals surface area contributed by atoms with E-state index in [1.54, 1.807) is 12.1 Å². The molecule has 0 atom stereocenters. The van der Waals surface area contributed by atoms with Crippen molar-refractivity contribution in [3.05, 3.63) is 30.6 Å². The van der Waals surface area contributed by atoms with E-state index < -0.39 is 5.82 Å². The van der Waals surface area contributed by atoms with Gasteiger partial charge in [0.15, 0.2) is 11.6 Å². The molecule has 0 aromatic heterocycles. The lowest BCUT2D eigenvalue weighted by atomic mass is 10.1. The van der Waals surface area contributed by atoms with Crippen molar-refractivity contribution in [2.24, 2.45) is 0 Å². The Labute approximate surface area is 98.7 Å². The predicted molar refractivity (Wildman–Crippen MR) is 64.0 cm³/mol. The van der Waals surface area contributed by atoms with Crippen LogP contribution in [0.4, 0.5) is 15.8 Å². The molecule has 1 aliphatic rings. The number of carbonyl (C=O) groups excluding carboxylic acids is 1. The number of amides is 1. The second kappa shape index (κ2) is 4.45. The molecule has 1 N–H and O–H groups in total. The first kappa shape index (κ1) is 11.4. The van der Waals surface area contributed by atoms with Crippen LogP contribution in [-0.2, 0) is 4.79 Å². The van der Waals surface area contributed by atoms with Gasteiger partial charge < -0.3 is 15.0 Å². The minimum atomic E-state index is -0.494. The maximum Gasteiger partial charge on any atom is 0.243 e. The molecule has 5 heteroatoms. The molecule has 1 heterocycles. The highest BCUT2D eigenvalue weighted by Gasteiger charge is 2.23. The fraction of sp³-hybridized carbons (Fsp3) is 0.250. The van der Waals surface area contributed by atoms with Gasteiger partial charge in [0, 0.05) is 18.7 Å². The van der Waals surface area contributed by atoms with Crippen LogP contribution in [0.3, 0.4) is 0 Å². The lowest BCUT2D eigenvalue weighted by Crippen LogP contribution is -2.38. The number of rotatable bonds is 3. The summed E-state index contributed by atoms with van der Waals surface area (Å²) in [6.07, 6.45) is 1.69. The van der Waals surface area contributed by atoms with E-state index in [0.29, 0.717) is 12.2 Å². The molecule has 0 radical (unpaired) electrons. The lowest BCUT2D eigenvalue weighted by Gasteiger charge is -2.30. The summed E-state index contributed by atoms with van der Waals surface area (Å²) in [6.45, 7) is 4.39. The Kier molecular flexibility index (Phi) is 2.99. The minimum absolute atomic E-state index is 0.161. The van der Waals surface area contributed by atoms with Gasteiger partial charge in [-0.3, -0.25) is 4.79 Å². The van der Waals surface area contributed by atoms with E-state index in [1.807, 2.05) is 4.90 Å². The van der Waals surface area contributed by atoms with Gasteiger partial charge in [0.05, 0.1) is 25.0 Å². The second-order valence-electron chi connectivity index (χ2n) is 3.72. The molecule has 1 aromatic rings. The zero-order valence-electron chi connectivity index (χ0n) is 9.50. The number of carbonyl (C=O) groups is 1. The van der Waals surface area contributed by atoms with Crippen LogP contribution in [0.5, 0.6) is 5.75 Å². The maximum absolute atomic E-state index is 13.5. The Balaban J connectivity index is 2.47. The summed E-state index contributed by atoms with van der Waals surface area (Å²) in [7, 11) is 1.41. The Hall–Kier alpha value is -2.04. The van der Waals surface area contributed by atoms with Crippen molar-refractivity contribution in [3.63, 3.8) is 0 Å². The van der Waals surface area contributed by atoms with E-state index in [2.05, 4.69) is 11.9 Å². The smallest absolute Gasteiger partial charge is 0.243 e. The van der Waals surface area contributed by atoms with Crippen molar-refractivity contribution in [2.45, 2.75) is 0 Å². The quantitative estimate of drug-likeness (QED) is 0.813. The number of benzene rings is 1. The molecule has 2 rings (SSSR count). The first-order valence-corrected chi connectivity index (χ1v) is 5.19. The van der Waals surface area contributed by atoms with Gasteiger partial charge in [-0.15, -0.1) is 6.58 Å². The molecule has 0 bridgehead atoms. The van der Waals surface area contributed by atoms with E-state index in [-0.39, 0.29) is 18.2 Å². The van der Waals surface area contributed by atoms with Gasteiger partial charge in [0.25, 0.3) is 0 Å². The molecule has 17 heavy (non-hydrogen) atoms. The van der Waals surface area contributed by atoms with Crippen LogP contribution in [0.15, 0.2) is 24.8 Å². The summed E-state index contributed by atoms with van der Waals surface area (Å²) in [5.41, 5.74) is 1.20. The summed E-state index contributed by atoms with van der Waals surface area (Å²) >= 11 is 0. The molecule has 4 nitrogen and oxygen atoms in total. The minimum Gasteiger partial charge on any atom is -0.494 e. The molecule has 1 aromatic carbocycles. The largest absolute Gasteiger partial charge is 0.494 e. The molecule has 0 fully saturated rings. The number of nitrogens with zero attached hydrogens (tertiary/aromatic N) is 1. The first-order valence-electron chi connectivity index (χ1n) is 5.19. The molecule has 1 amide bonds. The molecule has 0 spiro atoms. The zero-order chi connectivity index (χ0) is 12.4. The number of hydrogen-bond donors (Lipinski definition) is 1. The average molecular weight is 236 g/mol. The number of halogens is 1. The second-order valence-corrected chi connectivity index (χ2v) is 3.72. The van der Waals surface area contributed by atoms with Crippen LogP contribution in [0.1, 0.15) is 0 Å². The summed E-state index contributed by atoms with van der Waals surface area (Å²) in [4.78, 5) is 13.2. The number of nitrogens with one attached hydrogen (secondary N) is 1. The van der Waals surface area contributed by atoms with Crippen molar-refractivity contribution >= 4 is 17.3 Å². The number of ether oxygens (including phenoxy) is 1. The van der Waals surface area contributed by atoms with Crippen LogP contribution in [0.2, 0.25) is 0 Å². The Bertz CT molecular complexity index is 474. The normalized spacial score (nSPS) is 14.0. The summed E-state index contributed by atoms with van der Waals surface area (Å²) in [5.74, 6) is -0.495. The summed E-state index contributed by atoms with van der Waals surface area (Å²) in [6, 6.07) is 2.84. The van der Waals surface area contributed by atoms with Crippen LogP contribution in [-0.4, -0.2) is 26.1 Å². The molecule has 0 saturated carbocycles. The Morgan fingerprint density at radius 2 is 2.41 bits per heavy atom. The van der Waals surface area contributed by atoms with Gasteiger partial charge in [-0.25, -0.2) is 4.39 Å². The fourth-order valence-electron chi connectivity index (χ4n) is 1.83. The molecule has 90 valence electrons. The molecular formula is C12H13FN2O2. The highest BCUT2D eigenvalue weighted by molar-refractivity contribution is 6.01. The first-order chi connectivity index (χ1) is 8.15. The number of fused-ring (bicyclic) bond motifs is 1. The summed E-state index contributed by atoms with van der Waals surface area (Å²) < 4.78 is 18.4. The highest BCUT2D eigenvalue weighted by Crippen LogP contribution is 2.34. The average Bonchev–Trinajstić information content (AvgIpc) is 2.28. The third-order valence-corrected chi connectivity index (χ3v) is 2.57. The standard InChI is InChI=1S/C12H13FN2O2/c1-3-4-15-7-12(16)14-9-5-8(13)11(17-2)6-10(9)15/h3,5-6H,1,4,7H2,2H3,(H,14,16). The third kappa shape index (κ3) is 2.08. The van der Waals surface area contributed by atoms with E-state index in [0.717, 1.165) is 5.69 Å². The SMILES string of the molecule is C=CCN1CC(=O)Nc2cc(F)c(OC)cc21. The Morgan fingerprint density at radius 1 is 1.65 bits per heavy atom. The number of anilines is 2. The molecular weight excluding hydrogens is 223 g/mol. The van der Waals surface area contributed by atoms with Gasteiger partial charge in [-0.2, -0.15) is 0 Å². The highest BCUT2D eigenvalue weighted by atomic mass is 19.1. The molecule has 0 aliphatic carbocycles. The zero-order valence-corrected chi connectivity index (χ0v) is 9.50. The van der Waals surface area contributed by atoms with Crippen molar-refractivity contribution in [1.29, 1.82) is 0 Å². The van der Waals surface area contributed by atoms with Crippen LogP contribution >= 0.6 is 0 Å². The van der Waals surface area contributed by atoms with E-state index in [1.165, 1.54) is 13.2 Å². The molecule has 0 unspecified atom stereocenters. The Morgan fingerprint density at radius 3 is 3.06 bits per heavy atom. The van der Waals surface area contributed by atoms with E-state index >= 15 is 0 Å². The predicted octanol–water partition coefficient (Wildman–Crippen LogP) is 1.78. The van der Waals surface area contributed by atoms with Gasteiger partial charge in [-0.1, -0.05) is 6.08 Å². The maximum atomic E-state index is 13.5. The fourth-order valence-corrected chi connectivity index (χ4v) is 1.83. The third-order valence-electron chi connectivity index (χ3n) is 2.57. The van der Waals surface area contributed by atoms with E-state index in [4.69, 9.17) is 4.74 Å². The van der Waals surface area contributed by atoms with Crippen LogP contribution in [0.25, 0.3) is 0 Å². The topological polar surface area (TPSA) is 41.6 Å². The van der Waals surface area contributed by atoms with Crippen LogP contribution < -0.4 is 15.0 Å².